The standard InChI is InChI=1S/C10H10N/c1-2-4-8-7(3-1)9-5-11(9)6-10(8)11/h1-4,9-10H,5-6H2/q+1. The minimum Gasteiger partial charge on any atom is -0.291 e. The van der Waals surface area contributed by atoms with Gasteiger partial charge in [0, 0.05) is 11.1 Å². The number of benzene rings is 1. The van der Waals surface area contributed by atoms with Gasteiger partial charge >= 0.3 is 0 Å². The summed E-state index contributed by atoms with van der Waals surface area (Å²) in [5, 5.41) is 0. The number of rotatable bonds is 0. The van der Waals surface area contributed by atoms with Crippen molar-refractivity contribution in [3.05, 3.63) is 35.4 Å². The van der Waals surface area contributed by atoms with Crippen molar-refractivity contribution in [1.82, 2.24) is 0 Å². The summed E-state index contributed by atoms with van der Waals surface area (Å²) < 4.78 is 1.44. The van der Waals surface area contributed by atoms with Crippen LogP contribution < -0.4 is 0 Å². The van der Waals surface area contributed by atoms with Crippen LogP contribution >= 0.6 is 0 Å². The Bertz CT molecular complexity index is 321. The first-order valence-corrected chi connectivity index (χ1v) is 4.37. The van der Waals surface area contributed by atoms with Gasteiger partial charge in [-0.25, -0.2) is 0 Å². The molecule has 0 saturated carbocycles. The molecule has 0 aliphatic carbocycles. The molecular formula is C10H10N+. The maximum atomic E-state index is 2.32. The Balaban J connectivity index is 2.07. The molecule has 2 atom stereocenters. The quantitative estimate of drug-likeness (QED) is 0.383. The van der Waals surface area contributed by atoms with Crippen LogP contribution in [0, 0.1) is 0 Å². The van der Waals surface area contributed by atoms with E-state index in [9.17, 15) is 0 Å². The van der Waals surface area contributed by atoms with E-state index in [1.807, 2.05) is 0 Å². The molecule has 1 aromatic carbocycles. The minimum atomic E-state index is 0.927. The lowest BCUT2D eigenvalue weighted by Gasteiger charge is -1.94. The van der Waals surface area contributed by atoms with Gasteiger partial charge < -0.3 is 0 Å². The van der Waals surface area contributed by atoms with Crippen LogP contribution in [0.5, 0.6) is 0 Å². The Hall–Kier alpha value is -0.820. The van der Waals surface area contributed by atoms with E-state index in [1.54, 1.807) is 11.1 Å². The number of nitrogens with zero attached hydrogens (tertiary/aromatic N) is 1. The van der Waals surface area contributed by atoms with E-state index in [1.165, 1.54) is 17.6 Å². The van der Waals surface area contributed by atoms with Gasteiger partial charge in [0.15, 0.2) is 12.1 Å². The van der Waals surface area contributed by atoms with Crippen molar-refractivity contribution in [1.29, 1.82) is 0 Å². The topological polar surface area (TPSA) is 0 Å². The molecule has 0 bridgehead atoms. The van der Waals surface area contributed by atoms with E-state index in [-0.39, 0.29) is 0 Å². The lowest BCUT2D eigenvalue weighted by molar-refractivity contribution is -0.684. The molecule has 2 unspecified atom stereocenters. The molecule has 1 heteroatoms. The van der Waals surface area contributed by atoms with Crippen LogP contribution in [0.4, 0.5) is 0 Å². The van der Waals surface area contributed by atoms with Gasteiger partial charge in [-0.1, -0.05) is 24.3 Å². The summed E-state index contributed by atoms with van der Waals surface area (Å²) in [6, 6.07) is 10.9. The predicted molar refractivity (Wildman–Crippen MR) is 41.9 cm³/mol. The van der Waals surface area contributed by atoms with Crippen LogP contribution in [0.3, 0.4) is 0 Å². The molecular weight excluding hydrogens is 134 g/mol. The summed E-state index contributed by atoms with van der Waals surface area (Å²) >= 11 is 0. The first kappa shape index (κ1) is 4.94. The van der Waals surface area contributed by atoms with Crippen LogP contribution in [0.25, 0.3) is 0 Å². The number of hydrogen-bond acceptors (Lipinski definition) is 0. The smallest absolute Gasteiger partial charge is 0.166 e. The van der Waals surface area contributed by atoms with Gasteiger partial charge in [0.25, 0.3) is 0 Å². The third-order valence-corrected chi connectivity index (χ3v) is 3.71. The summed E-state index contributed by atoms with van der Waals surface area (Å²) in [4.78, 5) is 0. The maximum absolute atomic E-state index is 2.32. The van der Waals surface area contributed by atoms with E-state index in [0.717, 1.165) is 12.1 Å². The van der Waals surface area contributed by atoms with Crippen LogP contribution in [-0.2, 0) is 0 Å². The van der Waals surface area contributed by atoms with Crippen molar-refractivity contribution in [2.24, 2.45) is 0 Å². The maximum Gasteiger partial charge on any atom is 0.166 e. The second-order valence-corrected chi connectivity index (χ2v) is 4.13. The summed E-state index contributed by atoms with van der Waals surface area (Å²) in [5.41, 5.74) is 3.31. The van der Waals surface area contributed by atoms with Gasteiger partial charge in [0.05, 0.1) is 0 Å². The van der Waals surface area contributed by atoms with E-state index in [2.05, 4.69) is 24.3 Å². The first-order valence-electron chi connectivity index (χ1n) is 4.37. The number of hydrogen-bond donors (Lipinski definition) is 0. The fourth-order valence-electron chi connectivity index (χ4n) is 2.96. The molecule has 0 radical (unpaired) electrons. The van der Waals surface area contributed by atoms with Gasteiger partial charge in [-0.3, -0.25) is 4.48 Å². The zero-order valence-electron chi connectivity index (χ0n) is 6.33. The Morgan fingerprint density at radius 2 is 1.55 bits per heavy atom. The SMILES string of the molecule is c1ccc2c(c1)C1C[N+]13CC23. The lowest BCUT2D eigenvalue weighted by Crippen LogP contribution is -1.87. The average Bonchev–Trinajstić information content (AvgIpc) is 2.92. The lowest BCUT2D eigenvalue weighted by atomic mass is 10.0. The molecule has 1 nitrogen and oxygen atoms in total. The molecule has 1 aromatic rings. The molecule has 0 aromatic heterocycles. The van der Waals surface area contributed by atoms with Crippen molar-refractivity contribution in [3.63, 3.8) is 0 Å². The minimum absolute atomic E-state index is 0.927. The Morgan fingerprint density at radius 3 is 2.09 bits per heavy atom. The van der Waals surface area contributed by atoms with E-state index >= 15 is 0 Å². The van der Waals surface area contributed by atoms with Crippen molar-refractivity contribution in [2.75, 3.05) is 13.1 Å². The second kappa shape index (κ2) is 1.14. The number of quaternary nitrogens is 1. The molecule has 2 saturated heterocycles. The molecule has 1 spiro atoms. The van der Waals surface area contributed by atoms with Crippen LogP contribution in [0.15, 0.2) is 24.3 Å². The average molecular weight is 144 g/mol. The van der Waals surface area contributed by atoms with Crippen LogP contribution in [0.1, 0.15) is 23.2 Å². The highest BCUT2D eigenvalue weighted by molar-refractivity contribution is 5.41. The van der Waals surface area contributed by atoms with Crippen molar-refractivity contribution in [3.8, 4) is 0 Å². The zero-order valence-corrected chi connectivity index (χ0v) is 6.33. The highest BCUT2D eigenvalue weighted by atomic mass is 15.6. The molecule has 11 heavy (non-hydrogen) atoms. The van der Waals surface area contributed by atoms with Gasteiger partial charge in [0.2, 0.25) is 0 Å². The van der Waals surface area contributed by atoms with E-state index in [0.29, 0.717) is 0 Å². The molecule has 0 N–H and O–H groups in total. The predicted octanol–water partition coefficient (Wildman–Crippen LogP) is 1.63. The van der Waals surface area contributed by atoms with E-state index in [4.69, 9.17) is 0 Å². The van der Waals surface area contributed by atoms with Crippen LogP contribution in [0.2, 0.25) is 0 Å². The van der Waals surface area contributed by atoms with Gasteiger partial charge in [0.1, 0.15) is 13.1 Å². The molecule has 3 aliphatic heterocycles. The summed E-state index contributed by atoms with van der Waals surface area (Å²) in [7, 11) is 0. The second-order valence-electron chi connectivity index (χ2n) is 4.13. The molecule has 0 amide bonds. The largest absolute Gasteiger partial charge is 0.291 e. The third-order valence-electron chi connectivity index (χ3n) is 3.71. The van der Waals surface area contributed by atoms with Gasteiger partial charge in [-0.2, -0.15) is 0 Å². The fraction of sp³-hybridized carbons (Fsp3) is 0.400. The fourth-order valence-corrected chi connectivity index (χ4v) is 2.96. The first-order chi connectivity index (χ1) is 5.42. The van der Waals surface area contributed by atoms with Gasteiger partial charge in [-0.05, 0) is 0 Å². The number of fused-ring (bicyclic) bond motifs is 3. The molecule has 3 aliphatic rings. The molecule has 3 heterocycles. The summed E-state index contributed by atoms with van der Waals surface area (Å²) in [5.74, 6) is 0. The molecule has 54 valence electrons. The van der Waals surface area contributed by atoms with Crippen molar-refractivity contribution in [2.45, 2.75) is 12.1 Å². The summed E-state index contributed by atoms with van der Waals surface area (Å²) in [6.07, 6.45) is 0. The Morgan fingerprint density at radius 1 is 1.00 bits per heavy atom. The van der Waals surface area contributed by atoms with Crippen molar-refractivity contribution >= 4 is 0 Å². The zero-order chi connectivity index (χ0) is 7.05. The van der Waals surface area contributed by atoms with Crippen molar-refractivity contribution < 1.29 is 4.48 Å². The summed E-state index contributed by atoms with van der Waals surface area (Å²) in [6.45, 7) is 2.89. The van der Waals surface area contributed by atoms with Gasteiger partial charge in [-0.15, -0.1) is 0 Å². The Labute approximate surface area is 65.8 Å². The third kappa shape index (κ3) is 0.362. The van der Waals surface area contributed by atoms with E-state index < -0.39 is 0 Å². The van der Waals surface area contributed by atoms with Crippen LogP contribution in [-0.4, -0.2) is 17.6 Å². The highest BCUT2D eigenvalue weighted by Crippen LogP contribution is 2.70. The molecule has 2 fully saturated rings. The highest BCUT2D eigenvalue weighted by Gasteiger charge is 2.79. The molecule has 4 rings (SSSR count). The Kier molecular flexibility index (Phi) is 0.513. The monoisotopic (exact) mass is 144 g/mol. The normalized spacial score (nSPS) is 47.6.